The summed E-state index contributed by atoms with van der Waals surface area (Å²) in [5, 5.41) is 3.16. The Morgan fingerprint density at radius 1 is 1.00 bits per heavy atom. The number of carbonyl (C=O) groups is 1. The Labute approximate surface area is 163 Å². The first kappa shape index (κ1) is 17.7. The van der Waals surface area contributed by atoms with E-state index in [1.54, 1.807) is 0 Å². The van der Waals surface area contributed by atoms with E-state index in [0.717, 1.165) is 45.1 Å². The summed E-state index contributed by atoms with van der Waals surface area (Å²) in [6.07, 6.45) is 10.0. The molecule has 0 aromatic heterocycles. The fraction of sp³-hybridized carbons (Fsp3) is 0.696. The molecule has 0 radical (unpaired) electrons. The van der Waals surface area contributed by atoms with Gasteiger partial charge in [-0.15, -0.1) is 0 Å². The second-order valence-corrected chi connectivity index (χ2v) is 9.27. The monoisotopic (exact) mass is 367 g/mol. The van der Waals surface area contributed by atoms with Crippen molar-refractivity contribution in [2.24, 2.45) is 5.92 Å². The summed E-state index contributed by atoms with van der Waals surface area (Å²) in [4.78, 5) is 18.0. The van der Waals surface area contributed by atoms with Crippen LogP contribution in [0, 0.1) is 5.92 Å². The van der Waals surface area contributed by atoms with Crippen LogP contribution >= 0.6 is 0 Å². The first-order valence-electron chi connectivity index (χ1n) is 11.1. The third kappa shape index (κ3) is 3.31. The number of piperidine rings is 1. The quantitative estimate of drug-likeness (QED) is 0.886. The maximum Gasteiger partial charge on any atom is 0.241 e. The van der Waals surface area contributed by atoms with Crippen LogP contribution in [0.1, 0.15) is 62.8 Å². The minimum atomic E-state index is -0.212. The lowest BCUT2D eigenvalue weighted by Crippen LogP contribution is -2.58. The minimum absolute atomic E-state index is 0.212. The number of amides is 1. The van der Waals surface area contributed by atoms with Gasteiger partial charge in [0.1, 0.15) is 5.54 Å². The molecule has 4 fully saturated rings. The molecule has 1 aromatic carbocycles. The SMILES string of the molecule is O=C1NCN(CC2CC2)C12CCN(C1CCCCC1c1ccccc1)CC2. The molecule has 1 N–H and O–H groups in total. The number of nitrogens with one attached hydrogen (secondary N) is 1. The summed E-state index contributed by atoms with van der Waals surface area (Å²) < 4.78 is 0. The second-order valence-electron chi connectivity index (χ2n) is 9.27. The minimum Gasteiger partial charge on any atom is -0.342 e. The van der Waals surface area contributed by atoms with Gasteiger partial charge in [0.05, 0.1) is 6.67 Å². The molecular formula is C23H33N3O. The van der Waals surface area contributed by atoms with Gasteiger partial charge in [0, 0.05) is 25.7 Å². The van der Waals surface area contributed by atoms with E-state index in [1.807, 2.05) is 0 Å². The number of benzene rings is 1. The summed E-state index contributed by atoms with van der Waals surface area (Å²) >= 11 is 0. The summed E-state index contributed by atoms with van der Waals surface area (Å²) in [7, 11) is 0. The molecule has 2 atom stereocenters. The summed E-state index contributed by atoms with van der Waals surface area (Å²) in [6.45, 7) is 4.03. The Hall–Kier alpha value is -1.39. The lowest BCUT2D eigenvalue weighted by Gasteiger charge is -2.47. The summed E-state index contributed by atoms with van der Waals surface area (Å²) in [5.41, 5.74) is 1.30. The van der Waals surface area contributed by atoms with Gasteiger partial charge in [0.15, 0.2) is 0 Å². The van der Waals surface area contributed by atoms with Crippen molar-refractivity contribution in [2.75, 3.05) is 26.3 Å². The fourth-order valence-corrected chi connectivity index (χ4v) is 5.88. The number of likely N-dealkylation sites (tertiary alicyclic amines) is 1. The van der Waals surface area contributed by atoms with E-state index < -0.39 is 0 Å². The van der Waals surface area contributed by atoms with Gasteiger partial charge in [-0.2, -0.15) is 0 Å². The molecule has 2 unspecified atom stereocenters. The molecule has 2 heterocycles. The van der Waals surface area contributed by atoms with E-state index in [1.165, 1.54) is 44.1 Å². The highest BCUT2D eigenvalue weighted by Gasteiger charge is 2.51. The number of hydrogen-bond donors (Lipinski definition) is 1. The molecule has 1 amide bonds. The average Bonchev–Trinajstić information content (AvgIpc) is 3.51. The van der Waals surface area contributed by atoms with Gasteiger partial charge < -0.3 is 5.32 Å². The van der Waals surface area contributed by atoms with Gasteiger partial charge in [-0.3, -0.25) is 14.6 Å². The first-order valence-corrected chi connectivity index (χ1v) is 11.1. The molecule has 2 aliphatic heterocycles. The maximum absolute atomic E-state index is 12.8. The second kappa shape index (κ2) is 7.21. The van der Waals surface area contributed by atoms with Gasteiger partial charge in [0.2, 0.25) is 5.91 Å². The Kier molecular flexibility index (Phi) is 4.73. The zero-order valence-corrected chi connectivity index (χ0v) is 16.4. The third-order valence-electron chi connectivity index (χ3n) is 7.69. The fourth-order valence-electron chi connectivity index (χ4n) is 5.88. The molecule has 0 bridgehead atoms. The normalized spacial score (nSPS) is 31.9. The van der Waals surface area contributed by atoms with E-state index in [4.69, 9.17) is 0 Å². The number of rotatable bonds is 4. The van der Waals surface area contributed by atoms with E-state index in [9.17, 15) is 4.79 Å². The molecular weight excluding hydrogens is 334 g/mol. The highest BCUT2D eigenvalue weighted by Crippen LogP contribution is 2.41. The van der Waals surface area contributed by atoms with Crippen molar-refractivity contribution in [3.63, 3.8) is 0 Å². The first-order chi connectivity index (χ1) is 13.3. The van der Waals surface area contributed by atoms with Crippen LogP contribution in [0.4, 0.5) is 0 Å². The molecule has 1 spiro atoms. The van der Waals surface area contributed by atoms with Crippen LogP contribution in [0.15, 0.2) is 30.3 Å². The molecule has 2 aliphatic carbocycles. The Morgan fingerprint density at radius 3 is 2.48 bits per heavy atom. The van der Waals surface area contributed by atoms with E-state index in [2.05, 4.69) is 45.4 Å². The summed E-state index contributed by atoms with van der Waals surface area (Å²) in [5.74, 6) is 1.80. The molecule has 146 valence electrons. The summed E-state index contributed by atoms with van der Waals surface area (Å²) in [6, 6.07) is 11.8. The molecule has 1 aromatic rings. The van der Waals surface area contributed by atoms with Gasteiger partial charge in [0.25, 0.3) is 0 Å². The molecule has 27 heavy (non-hydrogen) atoms. The molecule has 4 aliphatic rings. The van der Waals surface area contributed by atoms with Crippen molar-refractivity contribution >= 4 is 5.91 Å². The van der Waals surface area contributed by atoms with Crippen molar-refractivity contribution in [3.05, 3.63) is 35.9 Å². The van der Waals surface area contributed by atoms with E-state index in [-0.39, 0.29) is 5.54 Å². The van der Waals surface area contributed by atoms with Crippen LogP contribution in [0.25, 0.3) is 0 Å². The Balaban J connectivity index is 1.29. The highest BCUT2D eigenvalue weighted by atomic mass is 16.2. The highest BCUT2D eigenvalue weighted by molar-refractivity contribution is 5.88. The molecule has 2 saturated carbocycles. The Bertz CT molecular complexity index is 663. The molecule has 4 nitrogen and oxygen atoms in total. The van der Waals surface area contributed by atoms with Crippen LogP contribution < -0.4 is 5.32 Å². The van der Waals surface area contributed by atoms with Crippen LogP contribution in [-0.4, -0.2) is 53.6 Å². The van der Waals surface area contributed by atoms with Crippen molar-refractivity contribution in [1.29, 1.82) is 0 Å². The number of nitrogens with zero attached hydrogens (tertiary/aromatic N) is 2. The topological polar surface area (TPSA) is 35.6 Å². The van der Waals surface area contributed by atoms with Gasteiger partial charge in [-0.1, -0.05) is 43.2 Å². The van der Waals surface area contributed by atoms with Gasteiger partial charge in [-0.25, -0.2) is 0 Å². The third-order valence-corrected chi connectivity index (χ3v) is 7.69. The Morgan fingerprint density at radius 2 is 1.74 bits per heavy atom. The van der Waals surface area contributed by atoms with Gasteiger partial charge in [-0.05, 0) is 55.9 Å². The van der Waals surface area contributed by atoms with Crippen molar-refractivity contribution in [2.45, 2.75) is 68.9 Å². The largest absolute Gasteiger partial charge is 0.342 e. The van der Waals surface area contributed by atoms with Crippen molar-refractivity contribution in [3.8, 4) is 0 Å². The zero-order valence-electron chi connectivity index (χ0n) is 16.4. The molecule has 2 saturated heterocycles. The zero-order chi connectivity index (χ0) is 18.3. The number of carbonyl (C=O) groups excluding carboxylic acids is 1. The predicted molar refractivity (Wildman–Crippen MR) is 107 cm³/mol. The maximum atomic E-state index is 12.8. The van der Waals surface area contributed by atoms with Crippen LogP contribution in [-0.2, 0) is 4.79 Å². The molecule has 4 heteroatoms. The van der Waals surface area contributed by atoms with E-state index >= 15 is 0 Å². The van der Waals surface area contributed by atoms with Crippen LogP contribution in [0.3, 0.4) is 0 Å². The number of hydrogen-bond acceptors (Lipinski definition) is 3. The van der Waals surface area contributed by atoms with Crippen molar-refractivity contribution in [1.82, 2.24) is 15.1 Å². The lowest BCUT2D eigenvalue weighted by molar-refractivity contribution is -0.129. The van der Waals surface area contributed by atoms with E-state index in [0.29, 0.717) is 17.9 Å². The lowest BCUT2D eigenvalue weighted by atomic mass is 9.77. The van der Waals surface area contributed by atoms with Crippen LogP contribution in [0.5, 0.6) is 0 Å². The van der Waals surface area contributed by atoms with Gasteiger partial charge >= 0.3 is 0 Å². The average molecular weight is 368 g/mol. The molecule has 5 rings (SSSR count). The standard InChI is InChI=1S/C23H33N3O/c27-22-23(26(17-24-22)16-18-10-11-18)12-14-25(15-13-23)21-9-5-4-8-20(21)19-6-2-1-3-7-19/h1-3,6-7,18,20-21H,4-5,8-17H2,(H,24,27). The van der Waals surface area contributed by atoms with Crippen LogP contribution in [0.2, 0.25) is 0 Å². The predicted octanol–water partition coefficient (Wildman–Crippen LogP) is 3.35. The van der Waals surface area contributed by atoms with Crippen molar-refractivity contribution < 1.29 is 4.79 Å². The smallest absolute Gasteiger partial charge is 0.241 e.